The van der Waals surface area contributed by atoms with Crippen molar-refractivity contribution in [2.24, 2.45) is 0 Å². The summed E-state index contributed by atoms with van der Waals surface area (Å²) in [6.07, 6.45) is 0. The van der Waals surface area contributed by atoms with Crippen molar-refractivity contribution in [3.63, 3.8) is 0 Å². The maximum Gasteiger partial charge on any atom is 0.238 e. The number of hydrogen-bond donors (Lipinski definition) is 1. The van der Waals surface area contributed by atoms with E-state index in [4.69, 9.17) is 0 Å². The van der Waals surface area contributed by atoms with Gasteiger partial charge in [-0.15, -0.1) is 10.2 Å². The number of benzene rings is 1. The first-order valence-corrected chi connectivity index (χ1v) is 7.22. The third-order valence-electron chi connectivity index (χ3n) is 2.86. The first-order chi connectivity index (χ1) is 9.58. The molecule has 20 heavy (non-hydrogen) atoms. The van der Waals surface area contributed by atoms with Crippen LogP contribution in [-0.4, -0.2) is 41.1 Å². The molecule has 0 fully saturated rings. The van der Waals surface area contributed by atoms with Crippen molar-refractivity contribution in [2.75, 3.05) is 14.1 Å². The van der Waals surface area contributed by atoms with Crippen LogP contribution in [0, 0.1) is 0 Å². The summed E-state index contributed by atoms with van der Waals surface area (Å²) in [5.74, 6) is 0.0535. The smallest absolute Gasteiger partial charge is 0.238 e. The van der Waals surface area contributed by atoms with Gasteiger partial charge in [0.1, 0.15) is 10.0 Å². The van der Waals surface area contributed by atoms with Gasteiger partial charge in [0.15, 0.2) is 0 Å². The molecule has 0 unspecified atom stereocenters. The Kier molecular flexibility index (Phi) is 4.81. The van der Waals surface area contributed by atoms with Gasteiger partial charge in [-0.1, -0.05) is 41.7 Å². The highest BCUT2D eigenvalue weighted by atomic mass is 32.1. The van der Waals surface area contributed by atoms with Crippen molar-refractivity contribution in [1.82, 2.24) is 20.4 Å². The number of amides is 1. The Morgan fingerprint density at radius 1 is 1.30 bits per heavy atom. The van der Waals surface area contributed by atoms with Crippen LogP contribution in [0.2, 0.25) is 0 Å². The molecule has 106 valence electrons. The standard InChI is InChI=1S/C14H18N4OS/c1-10(14(19)18(2)3)15-9-12-16-17-13(20-12)11-7-5-4-6-8-11/h4-8,10,15H,9H2,1-3H3/t10-/m0/s1. The molecule has 0 aliphatic rings. The Balaban J connectivity index is 1.95. The van der Waals surface area contributed by atoms with Crippen molar-refractivity contribution in [1.29, 1.82) is 0 Å². The van der Waals surface area contributed by atoms with Crippen LogP contribution in [0.3, 0.4) is 0 Å². The summed E-state index contributed by atoms with van der Waals surface area (Å²) < 4.78 is 0. The highest BCUT2D eigenvalue weighted by Crippen LogP contribution is 2.22. The minimum atomic E-state index is -0.228. The van der Waals surface area contributed by atoms with Gasteiger partial charge in [0.25, 0.3) is 0 Å². The van der Waals surface area contributed by atoms with E-state index in [1.165, 1.54) is 11.3 Å². The van der Waals surface area contributed by atoms with E-state index in [-0.39, 0.29) is 11.9 Å². The molecule has 1 atom stereocenters. The second kappa shape index (κ2) is 6.58. The molecule has 0 saturated heterocycles. The molecule has 0 aliphatic heterocycles. The lowest BCUT2D eigenvalue weighted by Crippen LogP contribution is -2.41. The number of nitrogens with one attached hydrogen (secondary N) is 1. The van der Waals surface area contributed by atoms with E-state index in [1.807, 2.05) is 37.3 Å². The van der Waals surface area contributed by atoms with Crippen LogP contribution in [0.1, 0.15) is 11.9 Å². The second-order valence-electron chi connectivity index (χ2n) is 4.70. The molecule has 1 aromatic carbocycles. The lowest BCUT2D eigenvalue weighted by molar-refractivity contribution is -0.130. The molecule has 5 nitrogen and oxygen atoms in total. The van der Waals surface area contributed by atoms with E-state index in [2.05, 4.69) is 15.5 Å². The fourth-order valence-corrected chi connectivity index (χ4v) is 2.53. The van der Waals surface area contributed by atoms with Crippen LogP contribution < -0.4 is 5.32 Å². The van der Waals surface area contributed by atoms with Gasteiger partial charge in [0, 0.05) is 19.7 Å². The molecule has 1 N–H and O–H groups in total. The number of hydrogen-bond acceptors (Lipinski definition) is 5. The predicted octanol–water partition coefficient (Wildman–Crippen LogP) is 1.77. The number of carbonyl (C=O) groups is 1. The monoisotopic (exact) mass is 290 g/mol. The molecular formula is C14H18N4OS. The average molecular weight is 290 g/mol. The van der Waals surface area contributed by atoms with Crippen LogP contribution in [0.15, 0.2) is 30.3 Å². The van der Waals surface area contributed by atoms with Gasteiger partial charge in [-0.2, -0.15) is 0 Å². The van der Waals surface area contributed by atoms with Crippen molar-refractivity contribution >= 4 is 17.2 Å². The molecule has 1 aromatic heterocycles. The number of rotatable bonds is 5. The summed E-state index contributed by atoms with van der Waals surface area (Å²) in [7, 11) is 3.50. The van der Waals surface area contributed by atoms with Gasteiger partial charge in [-0.25, -0.2) is 0 Å². The minimum absolute atomic E-state index is 0.0535. The Labute approximate surface area is 122 Å². The molecule has 1 amide bonds. The fraction of sp³-hybridized carbons (Fsp3) is 0.357. The Bertz CT molecular complexity index is 568. The van der Waals surface area contributed by atoms with Gasteiger partial charge in [0.2, 0.25) is 5.91 Å². The minimum Gasteiger partial charge on any atom is -0.347 e. The fourth-order valence-electron chi connectivity index (χ4n) is 1.74. The molecule has 2 rings (SSSR count). The van der Waals surface area contributed by atoms with Crippen LogP contribution in [0.5, 0.6) is 0 Å². The van der Waals surface area contributed by atoms with E-state index in [0.29, 0.717) is 6.54 Å². The van der Waals surface area contributed by atoms with E-state index in [9.17, 15) is 4.79 Å². The largest absolute Gasteiger partial charge is 0.347 e. The zero-order valence-electron chi connectivity index (χ0n) is 11.8. The average Bonchev–Trinajstić information content (AvgIpc) is 2.93. The number of aromatic nitrogens is 2. The zero-order chi connectivity index (χ0) is 14.5. The Morgan fingerprint density at radius 3 is 2.65 bits per heavy atom. The molecular weight excluding hydrogens is 272 g/mol. The van der Waals surface area contributed by atoms with Crippen molar-refractivity contribution in [3.8, 4) is 10.6 Å². The molecule has 0 aliphatic carbocycles. The normalized spacial score (nSPS) is 12.2. The number of nitrogens with zero attached hydrogens (tertiary/aromatic N) is 3. The van der Waals surface area contributed by atoms with E-state index in [0.717, 1.165) is 15.6 Å². The molecule has 0 radical (unpaired) electrons. The third-order valence-corrected chi connectivity index (χ3v) is 3.83. The lowest BCUT2D eigenvalue weighted by Gasteiger charge is -2.17. The van der Waals surface area contributed by atoms with E-state index >= 15 is 0 Å². The summed E-state index contributed by atoms with van der Waals surface area (Å²) in [5.41, 5.74) is 1.06. The maximum absolute atomic E-state index is 11.7. The summed E-state index contributed by atoms with van der Waals surface area (Å²) in [5, 5.41) is 13.3. The van der Waals surface area contributed by atoms with Crippen molar-refractivity contribution < 1.29 is 4.79 Å². The highest BCUT2D eigenvalue weighted by Gasteiger charge is 2.15. The predicted molar refractivity (Wildman–Crippen MR) is 80.3 cm³/mol. The quantitative estimate of drug-likeness (QED) is 0.912. The van der Waals surface area contributed by atoms with Gasteiger partial charge in [-0.05, 0) is 6.92 Å². The van der Waals surface area contributed by atoms with Crippen LogP contribution in [0.4, 0.5) is 0 Å². The topological polar surface area (TPSA) is 58.1 Å². The summed E-state index contributed by atoms with van der Waals surface area (Å²) >= 11 is 1.54. The van der Waals surface area contributed by atoms with Gasteiger partial charge >= 0.3 is 0 Å². The second-order valence-corrected chi connectivity index (χ2v) is 5.76. The molecule has 6 heteroatoms. The Morgan fingerprint density at radius 2 is 2.00 bits per heavy atom. The van der Waals surface area contributed by atoms with Crippen LogP contribution in [-0.2, 0) is 11.3 Å². The molecule has 2 aromatic rings. The molecule has 0 spiro atoms. The molecule has 0 bridgehead atoms. The van der Waals surface area contributed by atoms with Crippen LogP contribution in [0.25, 0.3) is 10.6 Å². The first kappa shape index (κ1) is 14.6. The number of likely N-dealkylation sites (N-methyl/N-ethyl adjacent to an activating group) is 1. The summed E-state index contributed by atoms with van der Waals surface area (Å²) in [6, 6.07) is 9.72. The van der Waals surface area contributed by atoms with Crippen molar-refractivity contribution in [3.05, 3.63) is 35.3 Å². The van der Waals surface area contributed by atoms with Crippen molar-refractivity contribution in [2.45, 2.75) is 19.5 Å². The van der Waals surface area contributed by atoms with Crippen LogP contribution >= 0.6 is 11.3 Å². The maximum atomic E-state index is 11.7. The Hall–Kier alpha value is -1.79. The SMILES string of the molecule is C[C@H](NCc1nnc(-c2ccccc2)s1)C(=O)N(C)C. The highest BCUT2D eigenvalue weighted by molar-refractivity contribution is 7.14. The zero-order valence-corrected chi connectivity index (χ0v) is 12.6. The van der Waals surface area contributed by atoms with Gasteiger partial charge < -0.3 is 4.90 Å². The first-order valence-electron chi connectivity index (χ1n) is 6.40. The van der Waals surface area contributed by atoms with Gasteiger partial charge in [-0.3, -0.25) is 10.1 Å². The number of carbonyl (C=O) groups excluding carboxylic acids is 1. The molecule has 1 heterocycles. The lowest BCUT2D eigenvalue weighted by atomic mass is 10.2. The third kappa shape index (κ3) is 3.61. The molecule has 0 saturated carbocycles. The summed E-state index contributed by atoms with van der Waals surface area (Å²) in [4.78, 5) is 13.3. The van der Waals surface area contributed by atoms with E-state index in [1.54, 1.807) is 19.0 Å². The summed E-state index contributed by atoms with van der Waals surface area (Å²) in [6.45, 7) is 2.40. The van der Waals surface area contributed by atoms with Gasteiger partial charge in [0.05, 0.1) is 12.6 Å². The van der Waals surface area contributed by atoms with E-state index < -0.39 is 0 Å².